The molecule has 1 aromatic carbocycles. The van der Waals surface area contributed by atoms with Crippen molar-refractivity contribution in [3.63, 3.8) is 0 Å². The maximum atomic E-state index is 12.0. The third-order valence-electron chi connectivity index (χ3n) is 5.34. The Bertz CT molecular complexity index is 958. The van der Waals surface area contributed by atoms with Crippen LogP contribution in [0.25, 0.3) is 11.0 Å². The minimum Gasteiger partial charge on any atom is -0.423 e. The summed E-state index contributed by atoms with van der Waals surface area (Å²) in [6, 6.07) is 7.38. The summed E-state index contributed by atoms with van der Waals surface area (Å²) in [5.41, 5.74) is 2.10. The van der Waals surface area contributed by atoms with Crippen molar-refractivity contribution in [1.29, 1.82) is 0 Å². The number of sulfonamides is 1. The fourth-order valence-corrected chi connectivity index (χ4v) is 4.52. The van der Waals surface area contributed by atoms with Crippen LogP contribution in [0.2, 0.25) is 0 Å². The van der Waals surface area contributed by atoms with E-state index in [4.69, 9.17) is 4.42 Å². The molecule has 2 N–H and O–H groups in total. The van der Waals surface area contributed by atoms with E-state index >= 15 is 0 Å². The minimum atomic E-state index is -3.20. The standard InChI is InChI=1S/C20H28N2O4S/c1-13(2)27(24,25)22-16-6-4-15(5-7-16)12-21-17-8-9-18-14(3)10-20(23)26-19(18)11-17/h8-11,13,15-16,21-22H,4-7,12H2,1-3H3. The smallest absolute Gasteiger partial charge is 0.336 e. The summed E-state index contributed by atoms with van der Waals surface area (Å²) in [6.45, 7) is 6.12. The van der Waals surface area contributed by atoms with Crippen LogP contribution in [-0.2, 0) is 10.0 Å². The molecule has 148 valence electrons. The lowest BCUT2D eigenvalue weighted by Crippen LogP contribution is -2.41. The van der Waals surface area contributed by atoms with E-state index in [9.17, 15) is 13.2 Å². The van der Waals surface area contributed by atoms with E-state index in [0.717, 1.165) is 48.9 Å². The second-order valence-corrected chi connectivity index (χ2v) is 10.0. The molecule has 1 heterocycles. The van der Waals surface area contributed by atoms with E-state index in [0.29, 0.717) is 11.5 Å². The van der Waals surface area contributed by atoms with E-state index < -0.39 is 15.3 Å². The summed E-state index contributed by atoms with van der Waals surface area (Å²) in [5, 5.41) is 3.97. The molecule has 27 heavy (non-hydrogen) atoms. The van der Waals surface area contributed by atoms with Gasteiger partial charge in [-0.05, 0) is 70.1 Å². The molecule has 0 aliphatic heterocycles. The predicted octanol–water partition coefficient (Wildman–Crippen LogP) is 3.40. The molecular weight excluding hydrogens is 364 g/mol. The van der Waals surface area contributed by atoms with Gasteiger partial charge in [0, 0.05) is 35.8 Å². The molecule has 0 amide bonds. The van der Waals surface area contributed by atoms with Crippen molar-refractivity contribution in [2.45, 2.75) is 57.7 Å². The van der Waals surface area contributed by atoms with Crippen LogP contribution in [0.4, 0.5) is 5.69 Å². The molecule has 1 aromatic heterocycles. The molecule has 7 heteroatoms. The van der Waals surface area contributed by atoms with Crippen molar-refractivity contribution in [2.75, 3.05) is 11.9 Å². The molecule has 1 fully saturated rings. The van der Waals surface area contributed by atoms with Crippen molar-refractivity contribution in [3.05, 3.63) is 40.2 Å². The van der Waals surface area contributed by atoms with E-state index in [1.54, 1.807) is 13.8 Å². The van der Waals surface area contributed by atoms with Crippen molar-refractivity contribution in [2.24, 2.45) is 5.92 Å². The van der Waals surface area contributed by atoms with E-state index in [1.807, 2.05) is 25.1 Å². The topological polar surface area (TPSA) is 88.4 Å². The second-order valence-electron chi connectivity index (χ2n) is 7.77. The van der Waals surface area contributed by atoms with Crippen molar-refractivity contribution in [3.8, 4) is 0 Å². The zero-order chi connectivity index (χ0) is 19.6. The summed E-state index contributed by atoms with van der Waals surface area (Å²) in [5.74, 6) is 0.505. The van der Waals surface area contributed by atoms with Crippen LogP contribution < -0.4 is 15.7 Å². The summed E-state index contributed by atoms with van der Waals surface area (Å²) in [4.78, 5) is 11.6. The van der Waals surface area contributed by atoms with Crippen LogP contribution in [0.1, 0.15) is 45.1 Å². The fraction of sp³-hybridized carbons (Fsp3) is 0.550. The Morgan fingerprint density at radius 1 is 1.15 bits per heavy atom. The van der Waals surface area contributed by atoms with Gasteiger partial charge >= 0.3 is 5.63 Å². The zero-order valence-corrected chi connectivity index (χ0v) is 16.9. The van der Waals surface area contributed by atoms with E-state index in [-0.39, 0.29) is 11.7 Å². The number of rotatable bonds is 6. The Balaban J connectivity index is 1.55. The number of nitrogens with one attached hydrogen (secondary N) is 2. The summed E-state index contributed by atoms with van der Waals surface area (Å²) in [7, 11) is -3.20. The molecule has 0 saturated heterocycles. The zero-order valence-electron chi connectivity index (χ0n) is 16.1. The second kappa shape index (κ2) is 8.02. The molecule has 0 radical (unpaired) electrons. The molecule has 2 aromatic rings. The molecule has 0 spiro atoms. The summed E-state index contributed by atoms with van der Waals surface area (Å²) < 4.78 is 32.1. The number of anilines is 1. The van der Waals surface area contributed by atoms with Gasteiger partial charge in [0.15, 0.2) is 0 Å². The van der Waals surface area contributed by atoms with Crippen LogP contribution in [0.5, 0.6) is 0 Å². The Labute approximate surface area is 160 Å². The van der Waals surface area contributed by atoms with Crippen LogP contribution in [0.15, 0.2) is 33.5 Å². The fourth-order valence-electron chi connectivity index (χ4n) is 3.55. The molecule has 1 aliphatic carbocycles. The Hall–Kier alpha value is -1.86. The Kier molecular flexibility index (Phi) is 5.91. The van der Waals surface area contributed by atoms with E-state index in [2.05, 4.69) is 10.0 Å². The number of aryl methyl sites for hydroxylation is 1. The lowest BCUT2D eigenvalue weighted by molar-refractivity contribution is 0.323. The molecular formula is C20H28N2O4S. The number of hydrogen-bond acceptors (Lipinski definition) is 5. The number of hydrogen-bond donors (Lipinski definition) is 2. The van der Waals surface area contributed by atoms with Crippen molar-refractivity contribution >= 4 is 26.7 Å². The van der Waals surface area contributed by atoms with Gasteiger partial charge in [0.25, 0.3) is 0 Å². The summed E-state index contributed by atoms with van der Waals surface area (Å²) >= 11 is 0. The largest absolute Gasteiger partial charge is 0.423 e. The Morgan fingerprint density at radius 3 is 2.52 bits per heavy atom. The first-order valence-corrected chi connectivity index (χ1v) is 11.1. The lowest BCUT2D eigenvalue weighted by atomic mass is 9.86. The SMILES string of the molecule is Cc1cc(=O)oc2cc(NCC3CCC(NS(=O)(=O)C(C)C)CC3)ccc12. The molecule has 0 atom stereocenters. The molecule has 6 nitrogen and oxygen atoms in total. The molecule has 1 saturated carbocycles. The molecule has 0 bridgehead atoms. The van der Waals surface area contributed by atoms with Gasteiger partial charge in [-0.25, -0.2) is 17.9 Å². The van der Waals surface area contributed by atoms with E-state index in [1.165, 1.54) is 6.07 Å². The highest BCUT2D eigenvalue weighted by Crippen LogP contribution is 2.26. The van der Waals surface area contributed by atoms with Crippen LogP contribution in [0.3, 0.4) is 0 Å². The van der Waals surface area contributed by atoms with Gasteiger partial charge in [-0.3, -0.25) is 0 Å². The normalized spacial score (nSPS) is 20.9. The van der Waals surface area contributed by atoms with Crippen LogP contribution in [-0.4, -0.2) is 26.3 Å². The average Bonchev–Trinajstić information content (AvgIpc) is 2.60. The number of benzene rings is 1. The summed E-state index contributed by atoms with van der Waals surface area (Å²) in [6.07, 6.45) is 3.70. The van der Waals surface area contributed by atoms with Gasteiger partial charge in [0.05, 0.1) is 5.25 Å². The third-order valence-corrected chi connectivity index (χ3v) is 7.25. The minimum absolute atomic E-state index is 0.0477. The lowest BCUT2D eigenvalue weighted by Gasteiger charge is -2.29. The van der Waals surface area contributed by atoms with Gasteiger partial charge < -0.3 is 9.73 Å². The molecule has 3 rings (SSSR count). The Morgan fingerprint density at radius 2 is 1.85 bits per heavy atom. The molecule has 1 aliphatic rings. The third kappa shape index (κ3) is 4.90. The van der Waals surface area contributed by atoms with Gasteiger partial charge in [-0.1, -0.05) is 0 Å². The predicted molar refractivity (Wildman–Crippen MR) is 109 cm³/mol. The van der Waals surface area contributed by atoms with Gasteiger partial charge in [-0.2, -0.15) is 0 Å². The quantitative estimate of drug-likeness (QED) is 0.736. The molecule has 0 unspecified atom stereocenters. The van der Waals surface area contributed by atoms with Crippen molar-refractivity contribution in [1.82, 2.24) is 4.72 Å². The first-order chi connectivity index (χ1) is 12.7. The highest BCUT2D eigenvalue weighted by atomic mass is 32.2. The highest BCUT2D eigenvalue weighted by molar-refractivity contribution is 7.90. The van der Waals surface area contributed by atoms with Gasteiger partial charge in [0.1, 0.15) is 5.58 Å². The van der Waals surface area contributed by atoms with Gasteiger partial charge in [-0.15, -0.1) is 0 Å². The first-order valence-electron chi connectivity index (χ1n) is 9.54. The first kappa shape index (κ1) is 19.9. The van der Waals surface area contributed by atoms with Crippen molar-refractivity contribution < 1.29 is 12.8 Å². The maximum Gasteiger partial charge on any atom is 0.336 e. The average molecular weight is 393 g/mol. The van der Waals surface area contributed by atoms with Crippen LogP contribution in [0, 0.1) is 12.8 Å². The monoisotopic (exact) mass is 392 g/mol. The maximum absolute atomic E-state index is 12.0. The number of fused-ring (bicyclic) bond motifs is 1. The van der Waals surface area contributed by atoms with Crippen LogP contribution >= 0.6 is 0 Å². The van der Waals surface area contributed by atoms with Gasteiger partial charge in [0.2, 0.25) is 10.0 Å². The highest BCUT2D eigenvalue weighted by Gasteiger charge is 2.26.